The first kappa shape index (κ1) is 10.2. The van der Waals surface area contributed by atoms with Gasteiger partial charge in [-0.2, -0.15) is 0 Å². The summed E-state index contributed by atoms with van der Waals surface area (Å²) < 4.78 is 0. The molecule has 0 fully saturated rings. The van der Waals surface area contributed by atoms with E-state index in [-0.39, 0.29) is 0 Å². The number of nitrogens with two attached hydrogens (primary N) is 1. The van der Waals surface area contributed by atoms with Gasteiger partial charge in [0, 0.05) is 17.5 Å². The van der Waals surface area contributed by atoms with E-state index in [1.807, 2.05) is 23.6 Å². The van der Waals surface area contributed by atoms with Crippen LogP contribution in [0.1, 0.15) is 11.3 Å². The Morgan fingerprint density at radius 1 is 1.18 bits per heavy atom. The maximum atomic E-state index is 5.77. The summed E-state index contributed by atoms with van der Waals surface area (Å²) in [5.41, 5.74) is 8.80. The summed E-state index contributed by atoms with van der Waals surface area (Å²) >= 11 is 1.64. The highest BCUT2D eigenvalue weighted by Crippen LogP contribution is 2.22. The van der Waals surface area contributed by atoms with Gasteiger partial charge in [0.2, 0.25) is 0 Å². The first-order chi connectivity index (χ1) is 8.33. The first-order valence-electron chi connectivity index (χ1n) is 5.34. The first-order valence-corrected chi connectivity index (χ1v) is 6.22. The number of anilines is 1. The molecule has 0 atom stereocenters. The molecular weight excluding hydrogens is 230 g/mol. The van der Waals surface area contributed by atoms with Crippen molar-refractivity contribution in [1.82, 2.24) is 9.97 Å². The van der Waals surface area contributed by atoms with E-state index in [4.69, 9.17) is 5.73 Å². The van der Waals surface area contributed by atoms with Crippen LogP contribution in [0.15, 0.2) is 42.0 Å². The Morgan fingerprint density at radius 2 is 2.12 bits per heavy atom. The van der Waals surface area contributed by atoms with E-state index in [0.29, 0.717) is 0 Å². The molecule has 0 amide bonds. The largest absolute Gasteiger partial charge is 0.399 e. The van der Waals surface area contributed by atoms with Crippen molar-refractivity contribution in [3.8, 4) is 0 Å². The van der Waals surface area contributed by atoms with Crippen LogP contribution in [0, 0.1) is 0 Å². The summed E-state index contributed by atoms with van der Waals surface area (Å²) in [4.78, 5) is 9.64. The molecule has 0 aliphatic heterocycles. The van der Waals surface area contributed by atoms with Crippen LogP contribution in [0.3, 0.4) is 0 Å². The van der Waals surface area contributed by atoms with E-state index < -0.39 is 0 Å². The lowest BCUT2D eigenvalue weighted by Crippen LogP contribution is -1.95. The van der Waals surface area contributed by atoms with Gasteiger partial charge in [-0.15, -0.1) is 11.3 Å². The van der Waals surface area contributed by atoms with Crippen LogP contribution in [0.25, 0.3) is 10.2 Å². The topological polar surface area (TPSA) is 51.8 Å². The minimum atomic E-state index is 0.790. The Morgan fingerprint density at radius 3 is 3.00 bits per heavy atom. The molecule has 2 N–H and O–H groups in total. The smallest absolute Gasteiger partial charge is 0.126 e. The van der Waals surface area contributed by atoms with E-state index in [0.717, 1.165) is 28.0 Å². The van der Waals surface area contributed by atoms with Crippen molar-refractivity contribution < 1.29 is 0 Å². The Labute approximate surface area is 103 Å². The molecule has 3 rings (SSSR count). The lowest BCUT2D eigenvalue weighted by atomic mass is 10.1. The van der Waals surface area contributed by atoms with Crippen molar-refractivity contribution in [3.63, 3.8) is 0 Å². The predicted octanol–water partition coefficient (Wildman–Crippen LogP) is 2.86. The molecule has 0 spiro atoms. The van der Waals surface area contributed by atoms with Gasteiger partial charge in [0.1, 0.15) is 11.2 Å². The zero-order valence-corrected chi connectivity index (χ0v) is 9.95. The third kappa shape index (κ3) is 1.99. The van der Waals surface area contributed by atoms with E-state index in [2.05, 4.69) is 22.1 Å². The lowest BCUT2D eigenvalue weighted by molar-refractivity contribution is 1.07. The molecule has 84 valence electrons. The van der Waals surface area contributed by atoms with Crippen LogP contribution < -0.4 is 5.73 Å². The third-order valence-electron chi connectivity index (χ3n) is 2.67. The van der Waals surface area contributed by atoms with E-state index >= 15 is 0 Å². The molecule has 2 heterocycles. The quantitative estimate of drug-likeness (QED) is 0.702. The Hall–Kier alpha value is -1.94. The molecule has 17 heavy (non-hydrogen) atoms. The third-order valence-corrected chi connectivity index (χ3v) is 3.49. The fraction of sp³-hybridized carbons (Fsp3) is 0.0769. The molecule has 1 aromatic carbocycles. The molecule has 2 aromatic heterocycles. The second-order valence-corrected chi connectivity index (χ2v) is 4.78. The number of hydrogen-bond acceptors (Lipinski definition) is 4. The van der Waals surface area contributed by atoms with Crippen LogP contribution in [-0.4, -0.2) is 9.97 Å². The molecular formula is C13H11N3S. The second kappa shape index (κ2) is 4.14. The zero-order valence-electron chi connectivity index (χ0n) is 9.13. The van der Waals surface area contributed by atoms with Crippen LogP contribution in [0.4, 0.5) is 5.69 Å². The van der Waals surface area contributed by atoms with Crippen molar-refractivity contribution in [3.05, 3.63) is 53.3 Å². The molecule has 0 radical (unpaired) electrons. The molecule has 3 aromatic rings. The van der Waals surface area contributed by atoms with Crippen molar-refractivity contribution in [2.75, 3.05) is 5.73 Å². The average Bonchev–Trinajstić information content (AvgIpc) is 2.78. The number of rotatable bonds is 2. The maximum Gasteiger partial charge on any atom is 0.126 e. The van der Waals surface area contributed by atoms with E-state index in [1.54, 1.807) is 17.7 Å². The minimum Gasteiger partial charge on any atom is -0.399 e. The highest BCUT2D eigenvalue weighted by atomic mass is 32.1. The summed E-state index contributed by atoms with van der Waals surface area (Å²) in [5.74, 6) is 0. The van der Waals surface area contributed by atoms with Gasteiger partial charge in [-0.1, -0.05) is 12.1 Å². The molecule has 0 aliphatic carbocycles. The van der Waals surface area contributed by atoms with Gasteiger partial charge < -0.3 is 5.73 Å². The molecule has 0 bridgehead atoms. The summed E-state index contributed by atoms with van der Waals surface area (Å²) in [6.07, 6.45) is 2.42. The Kier molecular flexibility index (Phi) is 2.49. The van der Waals surface area contributed by atoms with Crippen LogP contribution in [0.5, 0.6) is 0 Å². The number of nitrogen functional groups attached to an aromatic ring is 1. The number of fused-ring (bicyclic) bond motifs is 1. The lowest BCUT2D eigenvalue weighted by Gasteiger charge is -2.03. The van der Waals surface area contributed by atoms with Crippen LogP contribution in [0.2, 0.25) is 0 Å². The Bertz CT molecular complexity index is 660. The normalized spacial score (nSPS) is 10.8. The molecule has 0 unspecified atom stereocenters. The van der Waals surface area contributed by atoms with E-state index in [9.17, 15) is 0 Å². The van der Waals surface area contributed by atoms with Crippen molar-refractivity contribution in [1.29, 1.82) is 0 Å². The van der Waals surface area contributed by atoms with Crippen LogP contribution >= 0.6 is 11.3 Å². The standard InChI is InChI=1S/C13H11N3S/c14-10-3-1-2-9(6-10)7-12-11-4-5-17-13(11)16-8-15-12/h1-6,8H,7,14H2. The van der Waals surface area contributed by atoms with Gasteiger partial charge in [-0.25, -0.2) is 9.97 Å². The van der Waals surface area contributed by atoms with Gasteiger partial charge in [0.25, 0.3) is 0 Å². The highest BCUT2D eigenvalue weighted by molar-refractivity contribution is 7.16. The van der Waals surface area contributed by atoms with E-state index in [1.165, 1.54) is 5.56 Å². The summed E-state index contributed by atoms with van der Waals surface area (Å²) in [6, 6.07) is 9.99. The van der Waals surface area contributed by atoms with Gasteiger partial charge in [0.05, 0.1) is 5.69 Å². The maximum absolute atomic E-state index is 5.77. The molecule has 4 heteroatoms. The summed E-state index contributed by atoms with van der Waals surface area (Å²) in [6.45, 7) is 0. The molecule has 3 nitrogen and oxygen atoms in total. The minimum absolute atomic E-state index is 0.790. The SMILES string of the molecule is Nc1cccc(Cc2ncnc3sccc23)c1. The predicted molar refractivity (Wildman–Crippen MR) is 71.1 cm³/mol. The van der Waals surface area contributed by atoms with Gasteiger partial charge in [0.15, 0.2) is 0 Å². The number of thiophene rings is 1. The molecule has 0 aliphatic rings. The number of nitrogens with zero attached hydrogens (tertiary/aromatic N) is 2. The average molecular weight is 241 g/mol. The molecule has 0 saturated heterocycles. The van der Waals surface area contributed by atoms with Gasteiger partial charge in [-0.05, 0) is 29.1 Å². The summed E-state index contributed by atoms with van der Waals surface area (Å²) in [5, 5.41) is 3.18. The van der Waals surface area contributed by atoms with Crippen LogP contribution in [-0.2, 0) is 6.42 Å². The molecule has 0 saturated carbocycles. The Balaban J connectivity index is 2.02. The number of benzene rings is 1. The zero-order chi connectivity index (χ0) is 11.7. The monoisotopic (exact) mass is 241 g/mol. The summed E-state index contributed by atoms with van der Waals surface area (Å²) in [7, 11) is 0. The fourth-order valence-corrected chi connectivity index (χ4v) is 2.63. The number of aromatic nitrogens is 2. The van der Waals surface area contributed by atoms with Gasteiger partial charge in [-0.3, -0.25) is 0 Å². The highest BCUT2D eigenvalue weighted by Gasteiger charge is 2.05. The van der Waals surface area contributed by atoms with Crippen molar-refractivity contribution in [2.45, 2.75) is 6.42 Å². The van der Waals surface area contributed by atoms with Crippen molar-refractivity contribution >= 4 is 27.2 Å². The number of hydrogen-bond donors (Lipinski definition) is 1. The van der Waals surface area contributed by atoms with Gasteiger partial charge >= 0.3 is 0 Å². The fourth-order valence-electron chi connectivity index (χ4n) is 1.88. The van der Waals surface area contributed by atoms with Crippen molar-refractivity contribution in [2.24, 2.45) is 0 Å². The second-order valence-electron chi connectivity index (χ2n) is 3.88.